The first-order chi connectivity index (χ1) is 21.7. The number of methoxy groups -OCH3 is 2. The summed E-state index contributed by atoms with van der Waals surface area (Å²) in [7, 11) is 1.71. The van der Waals surface area contributed by atoms with Crippen molar-refractivity contribution in [2.75, 3.05) is 38.9 Å². The predicted octanol–water partition coefficient (Wildman–Crippen LogP) is 5.46. The van der Waals surface area contributed by atoms with Gasteiger partial charge in [0.05, 0.1) is 63.8 Å². The third-order valence-electron chi connectivity index (χ3n) is 7.63. The third-order valence-corrected chi connectivity index (χ3v) is 9.33. The van der Waals surface area contributed by atoms with Gasteiger partial charge < -0.3 is 28.4 Å². The summed E-state index contributed by atoms with van der Waals surface area (Å²) in [6, 6.07) is 8.00. The molecule has 1 aliphatic heterocycles. The van der Waals surface area contributed by atoms with E-state index in [1.165, 1.54) is 20.3 Å². The molecule has 1 aliphatic rings. The van der Waals surface area contributed by atoms with Gasteiger partial charge in [0, 0.05) is 51.0 Å². The van der Waals surface area contributed by atoms with Crippen molar-refractivity contribution in [1.82, 2.24) is 34.3 Å². The van der Waals surface area contributed by atoms with E-state index in [1.54, 1.807) is 35.6 Å². The number of anilines is 2. The molecule has 0 unspecified atom stereocenters. The van der Waals surface area contributed by atoms with Crippen LogP contribution in [0.4, 0.5) is 15.9 Å². The molecule has 1 saturated heterocycles. The van der Waals surface area contributed by atoms with Crippen LogP contribution >= 0.6 is 0 Å². The Labute approximate surface area is 261 Å². The quantitative estimate of drug-likeness (QED) is 0.122. The Bertz CT molecular complexity index is 1790. The lowest BCUT2D eigenvalue weighted by Crippen LogP contribution is -2.30. The lowest BCUT2D eigenvalue weighted by atomic mass is 10.2. The number of pyridine rings is 1. The number of halogens is 1. The normalized spacial score (nSPS) is 13.6. The highest BCUT2D eigenvalue weighted by Gasteiger charge is 2.24. The summed E-state index contributed by atoms with van der Waals surface area (Å²) < 4.78 is 41.9. The molecule has 0 amide bonds. The zero-order valence-electron chi connectivity index (χ0n) is 26.1. The monoisotopic (exact) mass is 632 g/mol. The first-order valence-corrected chi connectivity index (χ1v) is 18.5. The Kier molecular flexibility index (Phi) is 8.78. The fraction of sp³-hybridized carbons (Fsp3) is 0.387. The van der Waals surface area contributed by atoms with Gasteiger partial charge in [-0.05, 0) is 18.2 Å². The van der Waals surface area contributed by atoms with E-state index in [4.69, 9.17) is 28.9 Å². The van der Waals surface area contributed by atoms with E-state index < -0.39 is 13.9 Å². The van der Waals surface area contributed by atoms with E-state index in [1.807, 2.05) is 27.7 Å². The van der Waals surface area contributed by atoms with Crippen molar-refractivity contribution in [2.45, 2.75) is 45.0 Å². The fourth-order valence-corrected chi connectivity index (χ4v) is 5.58. The number of ether oxygens (including phenoxy) is 4. The maximum Gasteiger partial charge on any atom is 0.188 e. The summed E-state index contributed by atoms with van der Waals surface area (Å²) in [5.41, 5.74) is 2.66. The topological polar surface area (TPSA) is 114 Å². The molecule has 1 aromatic carbocycles. The van der Waals surface area contributed by atoms with E-state index in [0.29, 0.717) is 60.8 Å². The Morgan fingerprint density at radius 1 is 1.07 bits per heavy atom. The maximum atomic E-state index is 16.0. The van der Waals surface area contributed by atoms with E-state index in [0.717, 1.165) is 11.6 Å². The molecule has 1 fully saturated rings. The van der Waals surface area contributed by atoms with Gasteiger partial charge in [-0.1, -0.05) is 19.6 Å². The molecule has 0 radical (unpaired) electrons. The number of hydrogen-bond acceptors (Lipinski definition) is 10. The second kappa shape index (κ2) is 12.9. The van der Waals surface area contributed by atoms with Gasteiger partial charge in [0.15, 0.2) is 17.2 Å². The van der Waals surface area contributed by atoms with Crippen LogP contribution in [0.3, 0.4) is 0 Å². The van der Waals surface area contributed by atoms with Crippen LogP contribution in [0.1, 0.15) is 11.9 Å². The molecule has 236 valence electrons. The van der Waals surface area contributed by atoms with Gasteiger partial charge in [0.2, 0.25) is 0 Å². The molecule has 12 nitrogen and oxygen atoms in total. The SMILES string of the molecule is COc1cc(OC)c(F)c(N(Cc2nccn2COCC[Si](C)(C)C)c2ccc3ncc(-c4cnn(C5COC5)c4)nc3n2)c1. The Hall–Kier alpha value is -4.40. The van der Waals surface area contributed by atoms with E-state index in [-0.39, 0.29) is 24.0 Å². The lowest BCUT2D eigenvalue weighted by molar-refractivity contribution is -0.0286. The standard InChI is InChI=1S/C31H37FN8O4Si/c1-41-23-12-26(30(32)27(13-23)42-2)39(17-29-33-8-9-38(29)20-43-10-11-45(3,4)5)28-7-6-24-31(37-28)36-25(15-34-24)21-14-35-40(16-21)22-18-44-19-22/h6-9,12-16,22H,10-11,17-20H2,1-5H3. The van der Waals surface area contributed by atoms with Crippen molar-refractivity contribution in [3.8, 4) is 22.8 Å². The number of hydrogen-bond donors (Lipinski definition) is 0. The molecule has 0 N–H and O–H groups in total. The summed E-state index contributed by atoms with van der Waals surface area (Å²) >= 11 is 0. The number of nitrogens with zero attached hydrogens (tertiary/aromatic N) is 8. The van der Waals surface area contributed by atoms with Gasteiger partial charge in [-0.3, -0.25) is 9.67 Å². The molecular weight excluding hydrogens is 595 g/mol. The molecule has 4 aromatic heterocycles. The Morgan fingerprint density at radius 3 is 2.64 bits per heavy atom. The number of imidazole rings is 1. The Morgan fingerprint density at radius 2 is 1.91 bits per heavy atom. The van der Waals surface area contributed by atoms with E-state index in [9.17, 15) is 0 Å². The summed E-state index contributed by atoms with van der Waals surface area (Å²) in [5.74, 6) is 1.03. The summed E-state index contributed by atoms with van der Waals surface area (Å²) in [5, 5.41) is 4.47. The van der Waals surface area contributed by atoms with Crippen molar-refractivity contribution in [2.24, 2.45) is 0 Å². The van der Waals surface area contributed by atoms with Crippen LogP contribution in [0, 0.1) is 5.82 Å². The van der Waals surface area contributed by atoms with E-state index in [2.05, 4.69) is 34.7 Å². The Balaban J connectivity index is 1.36. The number of benzene rings is 1. The fourth-order valence-electron chi connectivity index (χ4n) is 4.83. The van der Waals surface area contributed by atoms with Crippen LogP contribution in [0.2, 0.25) is 25.7 Å². The van der Waals surface area contributed by atoms with Gasteiger partial charge in [-0.25, -0.2) is 19.3 Å². The van der Waals surface area contributed by atoms with Crippen molar-refractivity contribution in [3.63, 3.8) is 0 Å². The van der Waals surface area contributed by atoms with Crippen LogP contribution in [0.5, 0.6) is 11.5 Å². The molecule has 0 spiro atoms. The third kappa shape index (κ3) is 6.82. The first-order valence-electron chi connectivity index (χ1n) is 14.8. The van der Waals surface area contributed by atoms with Gasteiger partial charge in [-0.2, -0.15) is 5.10 Å². The molecule has 0 bridgehead atoms. The van der Waals surface area contributed by atoms with Crippen molar-refractivity contribution in [3.05, 3.63) is 66.9 Å². The van der Waals surface area contributed by atoms with E-state index >= 15 is 4.39 Å². The molecule has 0 aliphatic carbocycles. The first kappa shape index (κ1) is 30.6. The van der Waals surface area contributed by atoms with Crippen LogP contribution in [0.25, 0.3) is 22.4 Å². The summed E-state index contributed by atoms with van der Waals surface area (Å²) in [6.07, 6.45) is 8.95. The zero-order valence-corrected chi connectivity index (χ0v) is 27.1. The minimum absolute atomic E-state index is 0.0455. The highest BCUT2D eigenvalue weighted by molar-refractivity contribution is 6.76. The van der Waals surface area contributed by atoms with Gasteiger partial charge in [0.25, 0.3) is 0 Å². The molecule has 6 rings (SSSR count). The molecular formula is C31H37FN8O4Si. The average molecular weight is 633 g/mol. The van der Waals surface area contributed by atoms with Gasteiger partial charge in [-0.15, -0.1) is 0 Å². The molecule has 0 saturated carbocycles. The van der Waals surface area contributed by atoms with Crippen molar-refractivity contribution < 1.29 is 23.3 Å². The lowest BCUT2D eigenvalue weighted by Gasteiger charge is -2.26. The van der Waals surface area contributed by atoms with Crippen LogP contribution in [-0.2, 0) is 22.7 Å². The van der Waals surface area contributed by atoms with Gasteiger partial charge >= 0.3 is 0 Å². The molecule has 45 heavy (non-hydrogen) atoms. The predicted molar refractivity (Wildman–Crippen MR) is 170 cm³/mol. The number of fused-ring (bicyclic) bond motifs is 1. The van der Waals surface area contributed by atoms with Crippen molar-refractivity contribution >= 4 is 30.7 Å². The minimum Gasteiger partial charge on any atom is -0.497 e. The second-order valence-corrected chi connectivity index (χ2v) is 17.7. The molecule has 14 heteroatoms. The van der Waals surface area contributed by atoms with Gasteiger partial charge in [0.1, 0.15) is 29.6 Å². The summed E-state index contributed by atoms with van der Waals surface area (Å²) in [6.45, 7) is 9.40. The van der Waals surface area contributed by atoms with Crippen molar-refractivity contribution in [1.29, 1.82) is 0 Å². The molecule has 0 atom stereocenters. The number of rotatable bonds is 13. The van der Waals surface area contributed by atoms with Crippen LogP contribution < -0.4 is 14.4 Å². The number of aromatic nitrogens is 7. The van der Waals surface area contributed by atoms with Crippen LogP contribution in [-0.4, -0.2) is 76.4 Å². The minimum atomic E-state index is -1.24. The molecule has 5 aromatic rings. The summed E-state index contributed by atoms with van der Waals surface area (Å²) in [4.78, 5) is 20.6. The average Bonchev–Trinajstić information content (AvgIpc) is 3.66. The second-order valence-electron chi connectivity index (χ2n) is 12.1. The zero-order chi connectivity index (χ0) is 31.6. The highest BCUT2D eigenvalue weighted by Crippen LogP contribution is 2.37. The van der Waals surface area contributed by atoms with Crippen LogP contribution in [0.15, 0.2) is 55.2 Å². The maximum absolute atomic E-state index is 16.0. The smallest absolute Gasteiger partial charge is 0.188 e. The largest absolute Gasteiger partial charge is 0.497 e. The molecule has 5 heterocycles. The highest BCUT2D eigenvalue weighted by atomic mass is 28.3.